The Kier molecular flexibility index (Phi) is 8.49. The fourth-order valence-electron chi connectivity index (χ4n) is 3.73. The van der Waals surface area contributed by atoms with Crippen molar-refractivity contribution in [3.8, 4) is 11.5 Å². The van der Waals surface area contributed by atoms with Crippen molar-refractivity contribution >= 4 is 28.8 Å². The van der Waals surface area contributed by atoms with Gasteiger partial charge in [-0.3, -0.25) is 9.59 Å². The van der Waals surface area contributed by atoms with E-state index in [-0.39, 0.29) is 6.61 Å². The van der Waals surface area contributed by atoms with Gasteiger partial charge >= 0.3 is 0 Å². The number of hydrogen-bond acceptors (Lipinski definition) is 5. The number of carbonyl (C=O) groups excluding carboxylic acids is 2. The molecule has 0 bridgehead atoms. The topological polar surface area (TPSA) is 89.0 Å². The summed E-state index contributed by atoms with van der Waals surface area (Å²) in [5, 5.41) is 8.74. The van der Waals surface area contributed by atoms with Crippen LogP contribution >= 0.6 is 0 Å². The quantitative estimate of drug-likeness (QED) is 0.245. The standard InChI is InChI=1S/C30H29N3O4/c1-21-9-8-13-25(17-21)36-20-29(34)32-22(2)30(35)33-31-18-27-26-14-7-6-12-24(26)15-16-28(27)37-19-23-10-4-3-5-11-23/h3-18,22H,19-20H2,1-2H3,(H,32,34)(H,33,35)/b31-18-/t22-/m1/s1. The van der Waals surface area contributed by atoms with E-state index >= 15 is 0 Å². The van der Waals surface area contributed by atoms with E-state index < -0.39 is 17.9 Å². The van der Waals surface area contributed by atoms with E-state index in [1.165, 1.54) is 0 Å². The molecular weight excluding hydrogens is 466 g/mol. The Bertz CT molecular complexity index is 1400. The maximum atomic E-state index is 12.5. The van der Waals surface area contributed by atoms with Crippen LogP contribution in [0.5, 0.6) is 11.5 Å². The van der Waals surface area contributed by atoms with Crippen LogP contribution in [0.15, 0.2) is 96.1 Å². The van der Waals surface area contributed by atoms with E-state index in [2.05, 4.69) is 15.8 Å². The lowest BCUT2D eigenvalue weighted by atomic mass is 10.0. The third kappa shape index (κ3) is 7.18. The first-order valence-corrected chi connectivity index (χ1v) is 12.0. The molecule has 2 amide bonds. The molecule has 0 aromatic heterocycles. The van der Waals surface area contributed by atoms with Gasteiger partial charge in [0.2, 0.25) is 0 Å². The number of hydrogen-bond donors (Lipinski definition) is 2. The molecule has 7 heteroatoms. The summed E-state index contributed by atoms with van der Waals surface area (Å²) >= 11 is 0. The number of ether oxygens (including phenoxy) is 2. The predicted molar refractivity (Wildman–Crippen MR) is 145 cm³/mol. The highest BCUT2D eigenvalue weighted by molar-refractivity contribution is 6.02. The Balaban J connectivity index is 1.37. The van der Waals surface area contributed by atoms with Crippen LogP contribution in [0, 0.1) is 6.92 Å². The van der Waals surface area contributed by atoms with Gasteiger partial charge in [-0.1, -0.05) is 72.8 Å². The van der Waals surface area contributed by atoms with E-state index in [1.807, 2.05) is 91.9 Å². The van der Waals surface area contributed by atoms with Gasteiger partial charge in [0.1, 0.15) is 24.1 Å². The lowest BCUT2D eigenvalue weighted by molar-refractivity contribution is -0.129. The zero-order valence-electron chi connectivity index (χ0n) is 20.8. The number of carbonyl (C=O) groups is 2. The minimum absolute atomic E-state index is 0.192. The Morgan fingerprint density at radius 3 is 2.51 bits per heavy atom. The van der Waals surface area contributed by atoms with Gasteiger partial charge in [-0.25, -0.2) is 5.43 Å². The second-order valence-electron chi connectivity index (χ2n) is 8.60. The largest absolute Gasteiger partial charge is 0.488 e. The summed E-state index contributed by atoms with van der Waals surface area (Å²) in [6, 6.07) is 28.2. The predicted octanol–water partition coefficient (Wildman–Crippen LogP) is 4.76. The molecule has 1 atom stereocenters. The summed E-state index contributed by atoms with van der Waals surface area (Å²) in [7, 11) is 0. The second-order valence-corrected chi connectivity index (χ2v) is 8.60. The molecule has 37 heavy (non-hydrogen) atoms. The first-order chi connectivity index (χ1) is 18.0. The molecule has 0 saturated carbocycles. The van der Waals surface area contributed by atoms with Crippen LogP contribution < -0.4 is 20.2 Å². The van der Waals surface area contributed by atoms with Crippen LogP contribution in [0.3, 0.4) is 0 Å². The number of benzene rings is 4. The van der Waals surface area contributed by atoms with E-state index in [1.54, 1.807) is 19.2 Å². The number of amides is 2. The molecular formula is C30H29N3O4. The Morgan fingerprint density at radius 2 is 1.70 bits per heavy atom. The summed E-state index contributed by atoms with van der Waals surface area (Å²) < 4.78 is 11.6. The van der Waals surface area contributed by atoms with Crippen LogP contribution in [0.1, 0.15) is 23.6 Å². The Labute approximate surface area is 216 Å². The van der Waals surface area contributed by atoms with Crippen molar-refractivity contribution in [2.75, 3.05) is 6.61 Å². The van der Waals surface area contributed by atoms with Gasteiger partial charge in [0, 0.05) is 5.56 Å². The van der Waals surface area contributed by atoms with Crippen molar-refractivity contribution < 1.29 is 19.1 Å². The van der Waals surface area contributed by atoms with Gasteiger partial charge in [-0.2, -0.15) is 5.10 Å². The molecule has 4 rings (SSSR count). The van der Waals surface area contributed by atoms with Gasteiger partial charge in [0.05, 0.1) is 6.21 Å². The lowest BCUT2D eigenvalue weighted by Gasteiger charge is -2.14. The molecule has 4 aromatic rings. The number of aryl methyl sites for hydroxylation is 1. The van der Waals surface area contributed by atoms with Crippen molar-refractivity contribution in [1.82, 2.24) is 10.7 Å². The number of nitrogens with one attached hydrogen (secondary N) is 2. The van der Waals surface area contributed by atoms with Crippen LogP contribution in [0.2, 0.25) is 0 Å². The van der Waals surface area contributed by atoms with E-state index in [0.29, 0.717) is 18.1 Å². The molecule has 0 aliphatic carbocycles. The van der Waals surface area contributed by atoms with E-state index in [0.717, 1.165) is 27.5 Å². The first-order valence-electron chi connectivity index (χ1n) is 12.0. The summed E-state index contributed by atoms with van der Waals surface area (Å²) in [6.07, 6.45) is 1.57. The summed E-state index contributed by atoms with van der Waals surface area (Å²) in [4.78, 5) is 24.8. The Morgan fingerprint density at radius 1 is 0.919 bits per heavy atom. The molecule has 0 heterocycles. The summed E-state index contributed by atoms with van der Waals surface area (Å²) in [5.41, 5.74) is 5.33. The van der Waals surface area contributed by atoms with Crippen LogP contribution in [-0.2, 0) is 16.2 Å². The molecule has 0 fully saturated rings. The third-order valence-corrected chi connectivity index (χ3v) is 5.67. The highest BCUT2D eigenvalue weighted by Crippen LogP contribution is 2.27. The van der Waals surface area contributed by atoms with Gasteiger partial charge in [0.15, 0.2) is 6.61 Å². The normalized spacial score (nSPS) is 11.7. The SMILES string of the molecule is Cc1cccc(OCC(=O)N[C@H](C)C(=O)N/N=C\c2c(OCc3ccccc3)ccc3ccccc23)c1. The minimum Gasteiger partial charge on any atom is -0.488 e. The van der Waals surface area contributed by atoms with Crippen molar-refractivity contribution in [2.45, 2.75) is 26.5 Å². The minimum atomic E-state index is -0.799. The van der Waals surface area contributed by atoms with Gasteiger partial charge in [0.25, 0.3) is 11.8 Å². The highest BCUT2D eigenvalue weighted by atomic mass is 16.5. The molecule has 0 saturated heterocycles. The summed E-state index contributed by atoms with van der Waals surface area (Å²) in [5.74, 6) is 0.387. The second kappa shape index (κ2) is 12.4. The molecule has 0 aliphatic heterocycles. The molecule has 2 N–H and O–H groups in total. The van der Waals surface area contributed by atoms with Gasteiger partial charge < -0.3 is 14.8 Å². The van der Waals surface area contributed by atoms with Crippen LogP contribution in [0.4, 0.5) is 0 Å². The molecule has 7 nitrogen and oxygen atoms in total. The zero-order valence-corrected chi connectivity index (χ0v) is 20.8. The monoisotopic (exact) mass is 495 g/mol. The third-order valence-electron chi connectivity index (χ3n) is 5.67. The average molecular weight is 496 g/mol. The van der Waals surface area contributed by atoms with Gasteiger partial charge in [-0.15, -0.1) is 0 Å². The molecule has 0 radical (unpaired) electrons. The van der Waals surface area contributed by atoms with Crippen molar-refractivity contribution in [1.29, 1.82) is 0 Å². The smallest absolute Gasteiger partial charge is 0.262 e. The zero-order chi connectivity index (χ0) is 26.0. The Hall–Kier alpha value is -4.65. The maximum Gasteiger partial charge on any atom is 0.262 e. The molecule has 0 unspecified atom stereocenters. The number of hydrazone groups is 1. The number of nitrogens with zero attached hydrogens (tertiary/aromatic N) is 1. The number of fused-ring (bicyclic) bond motifs is 1. The van der Waals surface area contributed by atoms with Crippen molar-refractivity contribution in [2.24, 2.45) is 5.10 Å². The summed E-state index contributed by atoms with van der Waals surface area (Å²) in [6.45, 7) is 3.74. The van der Waals surface area contributed by atoms with Crippen molar-refractivity contribution in [3.63, 3.8) is 0 Å². The molecule has 188 valence electrons. The van der Waals surface area contributed by atoms with E-state index in [9.17, 15) is 9.59 Å². The highest BCUT2D eigenvalue weighted by Gasteiger charge is 2.16. The number of rotatable bonds is 10. The fourth-order valence-corrected chi connectivity index (χ4v) is 3.73. The van der Waals surface area contributed by atoms with E-state index in [4.69, 9.17) is 9.47 Å². The van der Waals surface area contributed by atoms with Gasteiger partial charge in [-0.05, 0) is 53.9 Å². The molecule has 0 spiro atoms. The molecule has 4 aromatic carbocycles. The maximum absolute atomic E-state index is 12.5. The average Bonchev–Trinajstić information content (AvgIpc) is 2.91. The van der Waals surface area contributed by atoms with Crippen LogP contribution in [0.25, 0.3) is 10.8 Å². The first kappa shape index (κ1) is 25.4. The fraction of sp³-hybridized carbons (Fsp3) is 0.167. The van der Waals surface area contributed by atoms with Crippen LogP contribution in [-0.4, -0.2) is 30.7 Å². The van der Waals surface area contributed by atoms with Crippen molar-refractivity contribution in [3.05, 3.63) is 108 Å². The molecule has 0 aliphatic rings. The lowest BCUT2D eigenvalue weighted by Crippen LogP contribution is -2.45.